The average Bonchev–Trinajstić information content (AvgIpc) is 2.99. The molecule has 0 radical (unpaired) electrons. The summed E-state index contributed by atoms with van der Waals surface area (Å²) >= 11 is 1.48. The van der Waals surface area contributed by atoms with Gasteiger partial charge in [0.1, 0.15) is 0 Å². The third-order valence-corrected chi connectivity index (χ3v) is 3.70. The lowest BCUT2D eigenvalue weighted by molar-refractivity contribution is -0.145. The zero-order valence-corrected chi connectivity index (χ0v) is 14.6. The number of hydrazone groups is 1. The largest absolute Gasteiger partial charge is 0.493 e. The summed E-state index contributed by atoms with van der Waals surface area (Å²) in [4.78, 5) is 15.6. The number of esters is 1. The molecule has 0 amide bonds. The number of nitrogens with zero attached hydrogens (tertiary/aromatic N) is 2. The van der Waals surface area contributed by atoms with Crippen LogP contribution in [0.25, 0.3) is 0 Å². The van der Waals surface area contributed by atoms with E-state index in [0.29, 0.717) is 18.1 Å². The lowest BCUT2D eigenvalue weighted by atomic mass is 10.2. The van der Waals surface area contributed by atoms with Crippen LogP contribution in [0.1, 0.15) is 18.2 Å². The van der Waals surface area contributed by atoms with Crippen molar-refractivity contribution in [2.45, 2.75) is 13.8 Å². The Hall–Kier alpha value is -2.61. The van der Waals surface area contributed by atoms with Gasteiger partial charge in [-0.05, 0) is 37.6 Å². The molecule has 1 aromatic carbocycles. The highest BCUT2D eigenvalue weighted by Gasteiger charge is 2.08. The van der Waals surface area contributed by atoms with E-state index in [2.05, 4.69) is 15.5 Å². The minimum Gasteiger partial charge on any atom is -0.493 e. The normalized spacial score (nSPS) is 10.6. The van der Waals surface area contributed by atoms with E-state index >= 15 is 0 Å². The Morgan fingerprint density at radius 2 is 2.25 bits per heavy atom. The summed E-state index contributed by atoms with van der Waals surface area (Å²) in [5, 5.41) is 6.80. The van der Waals surface area contributed by atoms with Crippen LogP contribution in [-0.2, 0) is 9.53 Å². The summed E-state index contributed by atoms with van der Waals surface area (Å²) in [5.41, 5.74) is 4.63. The number of benzene rings is 1. The topological polar surface area (TPSA) is 82.0 Å². The van der Waals surface area contributed by atoms with E-state index in [-0.39, 0.29) is 6.61 Å². The number of thiazole rings is 1. The van der Waals surface area contributed by atoms with Crippen LogP contribution in [0.2, 0.25) is 0 Å². The number of aromatic nitrogens is 1. The van der Waals surface area contributed by atoms with Crippen LogP contribution >= 0.6 is 11.3 Å². The van der Waals surface area contributed by atoms with Crippen LogP contribution in [0.4, 0.5) is 5.13 Å². The van der Waals surface area contributed by atoms with Gasteiger partial charge in [0, 0.05) is 5.38 Å². The van der Waals surface area contributed by atoms with Crippen molar-refractivity contribution in [2.75, 3.05) is 25.7 Å². The van der Waals surface area contributed by atoms with Crippen molar-refractivity contribution in [3.05, 3.63) is 34.8 Å². The van der Waals surface area contributed by atoms with Gasteiger partial charge in [-0.25, -0.2) is 9.78 Å². The maximum absolute atomic E-state index is 11.3. The Morgan fingerprint density at radius 3 is 2.92 bits per heavy atom. The van der Waals surface area contributed by atoms with Crippen LogP contribution in [-0.4, -0.2) is 37.5 Å². The summed E-state index contributed by atoms with van der Waals surface area (Å²) < 4.78 is 15.5. The number of rotatable bonds is 8. The molecular weight excluding hydrogens is 330 g/mol. The van der Waals surface area contributed by atoms with Crippen LogP contribution in [0.15, 0.2) is 28.7 Å². The van der Waals surface area contributed by atoms with Gasteiger partial charge in [-0.3, -0.25) is 5.43 Å². The van der Waals surface area contributed by atoms with Crippen molar-refractivity contribution in [2.24, 2.45) is 5.10 Å². The first-order chi connectivity index (χ1) is 11.6. The van der Waals surface area contributed by atoms with Crippen molar-refractivity contribution in [1.29, 1.82) is 0 Å². The summed E-state index contributed by atoms with van der Waals surface area (Å²) in [6, 6.07) is 5.28. The SMILES string of the molecule is CCOC(=O)COc1ccc(C=NNc2nc(C)cs2)cc1OC. The maximum atomic E-state index is 11.3. The van der Waals surface area contributed by atoms with Crippen molar-refractivity contribution in [3.8, 4) is 11.5 Å². The number of methoxy groups -OCH3 is 1. The number of anilines is 1. The Bertz CT molecular complexity index is 715. The molecule has 0 saturated carbocycles. The molecule has 0 aliphatic heterocycles. The molecular formula is C16H19N3O4S. The fourth-order valence-electron chi connectivity index (χ4n) is 1.79. The average molecular weight is 349 g/mol. The third-order valence-electron chi connectivity index (χ3n) is 2.83. The molecule has 7 nitrogen and oxygen atoms in total. The van der Waals surface area contributed by atoms with E-state index in [1.807, 2.05) is 12.3 Å². The number of hydrogen-bond donors (Lipinski definition) is 1. The minimum absolute atomic E-state index is 0.164. The van der Waals surface area contributed by atoms with E-state index in [9.17, 15) is 4.79 Å². The molecule has 0 bridgehead atoms. The quantitative estimate of drug-likeness (QED) is 0.448. The number of nitrogens with one attached hydrogen (secondary N) is 1. The van der Waals surface area contributed by atoms with Crippen molar-refractivity contribution in [1.82, 2.24) is 4.98 Å². The third kappa shape index (κ3) is 5.24. The van der Waals surface area contributed by atoms with Gasteiger partial charge in [0.15, 0.2) is 18.1 Å². The van der Waals surface area contributed by atoms with Gasteiger partial charge in [0.25, 0.3) is 0 Å². The molecule has 2 aromatic rings. The van der Waals surface area contributed by atoms with Crippen LogP contribution in [0.3, 0.4) is 0 Å². The number of hydrogen-bond acceptors (Lipinski definition) is 8. The van der Waals surface area contributed by atoms with E-state index in [0.717, 1.165) is 16.4 Å². The first-order valence-corrected chi connectivity index (χ1v) is 8.18. The van der Waals surface area contributed by atoms with Gasteiger partial charge < -0.3 is 14.2 Å². The first-order valence-electron chi connectivity index (χ1n) is 7.30. The van der Waals surface area contributed by atoms with E-state index in [4.69, 9.17) is 14.2 Å². The van der Waals surface area contributed by atoms with Crippen LogP contribution in [0.5, 0.6) is 11.5 Å². The molecule has 1 heterocycles. The molecule has 0 atom stereocenters. The second-order valence-corrected chi connectivity index (χ2v) is 5.53. The monoisotopic (exact) mass is 349 g/mol. The van der Waals surface area contributed by atoms with Crippen molar-refractivity contribution in [3.63, 3.8) is 0 Å². The fourth-order valence-corrected chi connectivity index (χ4v) is 2.43. The Morgan fingerprint density at radius 1 is 1.42 bits per heavy atom. The molecule has 1 N–H and O–H groups in total. The van der Waals surface area contributed by atoms with Gasteiger partial charge in [0.05, 0.1) is 25.6 Å². The summed E-state index contributed by atoms with van der Waals surface area (Å²) in [6.07, 6.45) is 1.65. The standard InChI is InChI=1S/C16H19N3O4S/c1-4-22-15(20)9-23-13-6-5-12(7-14(13)21-3)8-17-19-16-18-11(2)10-24-16/h5-8,10H,4,9H2,1-3H3,(H,18,19). The fraction of sp³-hybridized carbons (Fsp3) is 0.312. The second-order valence-electron chi connectivity index (χ2n) is 4.67. The number of carbonyl (C=O) groups excluding carboxylic acids is 1. The molecule has 0 aliphatic rings. The first kappa shape index (κ1) is 17.7. The van der Waals surface area contributed by atoms with Crippen LogP contribution in [0, 0.1) is 6.92 Å². The molecule has 0 unspecified atom stereocenters. The molecule has 0 spiro atoms. The van der Waals surface area contributed by atoms with Gasteiger partial charge in [-0.1, -0.05) is 0 Å². The van der Waals surface area contributed by atoms with E-state index < -0.39 is 5.97 Å². The minimum atomic E-state index is -0.423. The van der Waals surface area contributed by atoms with Gasteiger partial charge in [-0.2, -0.15) is 5.10 Å². The number of ether oxygens (including phenoxy) is 3. The predicted octanol–water partition coefficient (Wildman–Crippen LogP) is 2.85. The second kappa shape index (κ2) is 8.88. The van der Waals surface area contributed by atoms with Gasteiger partial charge in [0.2, 0.25) is 5.13 Å². The van der Waals surface area contributed by atoms with Crippen molar-refractivity contribution >= 4 is 28.7 Å². The molecule has 0 fully saturated rings. The van der Waals surface area contributed by atoms with Gasteiger partial charge in [-0.15, -0.1) is 11.3 Å². The Kier molecular flexibility index (Phi) is 6.56. The molecule has 0 aliphatic carbocycles. The van der Waals surface area contributed by atoms with Crippen LogP contribution < -0.4 is 14.9 Å². The Labute approximate surface area is 144 Å². The Balaban J connectivity index is 1.98. The lowest BCUT2D eigenvalue weighted by Crippen LogP contribution is -2.14. The molecule has 0 saturated heterocycles. The molecule has 128 valence electrons. The number of aryl methyl sites for hydroxylation is 1. The smallest absolute Gasteiger partial charge is 0.344 e. The summed E-state index contributed by atoms with van der Waals surface area (Å²) in [7, 11) is 1.53. The lowest BCUT2D eigenvalue weighted by Gasteiger charge is -2.10. The molecule has 24 heavy (non-hydrogen) atoms. The van der Waals surface area contributed by atoms with E-state index in [1.54, 1.807) is 31.3 Å². The van der Waals surface area contributed by atoms with Crippen molar-refractivity contribution < 1.29 is 19.0 Å². The highest BCUT2D eigenvalue weighted by atomic mass is 32.1. The molecule has 2 rings (SSSR count). The zero-order valence-electron chi connectivity index (χ0n) is 13.7. The predicted molar refractivity (Wildman–Crippen MR) is 93.2 cm³/mol. The van der Waals surface area contributed by atoms with E-state index in [1.165, 1.54) is 18.4 Å². The summed E-state index contributed by atoms with van der Waals surface area (Å²) in [6.45, 7) is 3.82. The zero-order chi connectivity index (χ0) is 17.4. The maximum Gasteiger partial charge on any atom is 0.344 e. The molecule has 8 heteroatoms. The highest BCUT2D eigenvalue weighted by Crippen LogP contribution is 2.27. The number of carbonyl (C=O) groups is 1. The molecule has 1 aromatic heterocycles. The van der Waals surface area contributed by atoms with Gasteiger partial charge >= 0.3 is 5.97 Å². The highest BCUT2D eigenvalue weighted by molar-refractivity contribution is 7.13. The summed E-state index contributed by atoms with van der Waals surface area (Å²) in [5.74, 6) is 0.549.